The molecule has 1 aromatic rings. The van der Waals surface area contributed by atoms with Crippen LogP contribution in [0.2, 0.25) is 10.0 Å². The average molecular weight is 393 g/mol. The molecule has 9 heteroatoms. The van der Waals surface area contributed by atoms with Crippen LogP contribution in [0.4, 0.5) is 0 Å². The Kier molecular flexibility index (Phi) is 7.72. The number of benzene rings is 1. The highest BCUT2D eigenvalue weighted by Gasteiger charge is 2.23. The normalized spacial score (nSPS) is 12.3. The molecule has 0 aliphatic heterocycles. The number of rotatable bonds is 8. The van der Waals surface area contributed by atoms with Crippen molar-refractivity contribution in [2.24, 2.45) is 0 Å². The first-order valence-electron chi connectivity index (χ1n) is 6.96. The molecule has 6 nitrogen and oxygen atoms in total. The van der Waals surface area contributed by atoms with Crippen LogP contribution in [0.5, 0.6) is 0 Å². The zero-order valence-electron chi connectivity index (χ0n) is 13.0. The van der Waals surface area contributed by atoms with Gasteiger partial charge in [-0.1, -0.05) is 29.3 Å². The highest BCUT2D eigenvalue weighted by Crippen LogP contribution is 2.21. The molecule has 2 amide bonds. The van der Waals surface area contributed by atoms with Gasteiger partial charge in [-0.05, 0) is 24.6 Å². The van der Waals surface area contributed by atoms with E-state index < -0.39 is 27.7 Å². The molecule has 0 heterocycles. The summed E-state index contributed by atoms with van der Waals surface area (Å²) in [5.74, 6) is -1.34. The van der Waals surface area contributed by atoms with Crippen LogP contribution in [-0.4, -0.2) is 44.8 Å². The predicted octanol–water partition coefficient (Wildman–Crippen LogP) is 1.83. The van der Waals surface area contributed by atoms with Crippen molar-refractivity contribution in [2.75, 3.05) is 18.6 Å². The van der Waals surface area contributed by atoms with Crippen LogP contribution >= 0.6 is 23.2 Å². The van der Waals surface area contributed by atoms with E-state index in [4.69, 9.17) is 23.2 Å². The van der Waals surface area contributed by atoms with Gasteiger partial charge in [-0.15, -0.1) is 6.58 Å². The molecule has 1 rings (SSSR count). The van der Waals surface area contributed by atoms with Gasteiger partial charge >= 0.3 is 0 Å². The molecule has 0 saturated carbocycles. The number of carbonyl (C=O) groups is 2. The van der Waals surface area contributed by atoms with Crippen molar-refractivity contribution in [1.29, 1.82) is 0 Å². The largest absolute Gasteiger partial charge is 0.351 e. The lowest BCUT2D eigenvalue weighted by atomic mass is 10.1. The minimum absolute atomic E-state index is 0.0568. The Hall–Kier alpha value is -1.57. The molecule has 2 N–H and O–H groups in total. The molecular formula is C15H18Cl2N2O4S. The second-order valence-corrected chi connectivity index (χ2v) is 8.21. The molecule has 0 aromatic heterocycles. The Balaban J connectivity index is 2.91. The molecule has 0 fully saturated rings. The quantitative estimate of drug-likeness (QED) is 0.659. The van der Waals surface area contributed by atoms with Gasteiger partial charge in [0, 0.05) is 17.8 Å². The number of amides is 2. The minimum atomic E-state index is -3.28. The van der Waals surface area contributed by atoms with Crippen molar-refractivity contribution < 1.29 is 18.0 Å². The third-order valence-corrected chi connectivity index (χ3v) is 4.52. The van der Waals surface area contributed by atoms with E-state index in [1.54, 1.807) is 0 Å². The van der Waals surface area contributed by atoms with Crippen molar-refractivity contribution in [2.45, 2.75) is 12.5 Å². The van der Waals surface area contributed by atoms with Gasteiger partial charge < -0.3 is 10.6 Å². The zero-order chi connectivity index (χ0) is 18.3. The van der Waals surface area contributed by atoms with Crippen LogP contribution in [0, 0.1) is 0 Å². The average Bonchev–Trinajstić information content (AvgIpc) is 2.47. The Labute approximate surface area is 151 Å². The Bertz CT molecular complexity index is 735. The molecule has 132 valence electrons. The van der Waals surface area contributed by atoms with Gasteiger partial charge in [-0.25, -0.2) is 8.42 Å². The van der Waals surface area contributed by atoms with Gasteiger partial charge in [-0.2, -0.15) is 0 Å². The van der Waals surface area contributed by atoms with Gasteiger partial charge in [0.1, 0.15) is 15.9 Å². The number of carbonyl (C=O) groups excluding carboxylic acids is 2. The van der Waals surface area contributed by atoms with E-state index in [9.17, 15) is 18.0 Å². The van der Waals surface area contributed by atoms with E-state index in [-0.39, 0.29) is 29.3 Å². The standard InChI is InChI=1S/C15H18Cl2N2O4S/c1-3-7-18-15(21)13(6-8-24(2,22)23)19-14(20)11-5-4-10(16)9-12(11)17/h3-5,9,13H,1,6-8H2,2H3,(H,18,21)(H,19,20)/t13-/m0/s1. The maximum absolute atomic E-state index is 12.3. The molecule has 1 aromatic carbocycles. The van der Waals surface area contributed by atoms with E-state index in [2.05, 4.69) is 17.2 Å². The van der Waals surface area contributed by atoms with Crippen molar-refractivity contribution in [1.82, 2.24) is 10.6 Å². The van der Waals surface area contributed by atoms with E-state index in [1.807, 2.05) is 0 Å². The Morgan fingerprint density at radius 2 is 2.00 bits per heavy atom. The van der Waals surface area contributed by atoms with Crippen LogP contribution < -0.4 is 10.6 Å². The summed E-state index contributed by atoms with van der Waals surface area (Å²) in [6.07, 6.45) is 2.48. The third-order valence-electron chi connectivity index (χ3n) is 3.00. The molecule has 0 aliphatic carbocycles. The minimum Gasteiger partial charge on any atom is -0.351 e. The predicted molar refractivity (Wildman–Crippen MR) is 95.3 cm³/mol. The maximum Gasteiger partial charge on any atom is 0.253 e. The van der Waals surface area contributed by atoms with Crippen LogP contribution in [0.1, 0.15) is 16.8 Å². The summed E-state index contributed by atoms with van der Waals surface area (Å²) in [5, 5.41) is 5.53. The first-order valence-corrected chi connectivity index (χ1v) is 9.78. The second kappa shape index (κ2) is 9.05. The molecule has 0 unspecified atom stereocenters. The smallest absolute Gasteiger partial charge is 0.253 e. The van der Waals surface area contributed by atoms with Crippen LogP contribution in [-0.2, 0) is 14.6 Å². The first kappa shape index (κ1) is 20.5. The lowest BCUT2D eigenvalue weighted by Crippen LogP contribution is -2.47. The fourth-order valence-electron chi connectivity index (χ4n) is 1.81. The van der Waals surface area contributed by atoms with Crippen molar-refractivity contribution in [3.63, 3.8) is 0 Å². The summed E-state index contributed by atoms with van der Waals surface area (Å²) < 4.78 is 22.6. The van der Waals surface area contributed by atoms with Gasteiger partial charge in [-0.3, -0.25) is 9.59 Å². The SMILES string of the molecule is C=CCNC(=O)[C@H](CCS(C)(=O)=O)NC(=O)c1ccc(Cl)cc1Cl. The molecule has 24 heavy (non-hydrogen) atoms. The van der Waals surface area contributed by atoms with Crippen molar-refractivity contribution >= 4 is 44.9 Å². The van der Waals surface area contributed by atoms with Gasteiger partial charge in [0.2, 0.25) is 5.91 Å². The summed E-state index contributed by atoms with van der Waals surface area (Å²) in [4.78, 5) is 24.4. The van der Waals surface area contributed by atoms with E-state index in [1.165, 1.54) is 24.3 Å². The summed E-state index contributed by atoms with van der Waals surface area (Å²) >= 11 is 11.7. The number of hydrogen-bond donors (Lipinski definition) is 2. The maximum atomic E-state index is 12.3. The van der Waals surface area contributed by atoms with Gasteiger partial charge in [0.05, 0.1) is 16.3 Å². The van der Waals surface area contributed by atoms with E-state index >= 15 is 0 Å². The fraction of sp³-hybridized carbons (Fsp3) is 0.333. The van der Waals surface area contributed by atoms with Crippen molar-refractivity contribution in [3.05, 3.63) is 46.5 Å². The summed E-state index contributed by atoms with van der Waals surface area (Å²) in [5.41, 5.74) is 0.141. The molecule has 1 atom stereocenters. The van der Waals surface area contributed by atoms with E-state index in [0.29, 0.717) is 5.02 Å². The first-order chi connectivity index (χ1) is 11.1. The van der Waals surface area contributed by atoms with Crippen molar-refractivity contribution in [3.8, 4) is 0 Å². The second-order valence-electron chi connectivity index (χ2n) is 5.10. The van der Waals surface area contributed by atoms with Crippen LogP contribution in [0.15, 0.2) is 30.9 Å². The Morgan fingerprint density at radius 3 is 2.54 bits per heavy atom. The van der Waals surface area contributed by atoms with Gasteiger partial charge in [0.15, 0.2) is 0 Å². The topological polar surface area (TPSA) is 92.3 Å². The highest BCUT2D eigenvalue weighted by atomic mass is 35.5. The van der Waals surface area contributed by atoms with Crippen LogP contribution in [0.3, 0.4) is 0 Å². The molecule has 0 spiro atoms. The van der Waals surface area contributed by atoms with Gasteiger partial charge in [0.25, 0.3) is 5.91 Å². The molecule has 0 bridgehead atoms. The number of sulfone groups is 1. The molecule has 0 saturated heterocycles. The lowest BCUT2D eigenvalue weighted by molar-refractivity contribution is -0.122. The number of hydrogen-bond acceptors (Lipinski definition) is 4. The Morgan fingerprint density at radius 1 is 1.33 bits per heavy atom. The van der Waals surface area contributed by atoms with Crippen LogP contribution in [0.25, 0.3) is 0 Å². The highest BCUT2D eigenvalue weighted by molar-refractivity contribution is 7.90. The lowest BCUT2D eigenvalue weighted by Gasteiger charge is -2.18. The number of nitrogens with one attached hydrogen (secondary N) is 2. The monoisotopic (exact) mass is 392 g/mol. The fourth-order valence-corrected chi connectivity index (χ4v) is 2.96. The number of halogens is 2. The zero-order valence-corrected chi connectivity index (χ0v) is 15.3. The summed E-state index contributed by atoms with van der Waals surface area (Å²) in [7, 11) is -3.28. The third kappa shape index (κ3) is 6.90. The molecular weight excluding hydrogens is 375 g/mol. The molecule has 0 aliphatic rings. The summed E-state index contributed by atoms with van der Waals surface area (Å²) in [6.45, 7) is 3.68. The van der Waals surface area contributed by atoms with E-state index in [0.717, 1.165) is 6.26 Å². The molecule has 0 radical (unpaired) electrons. The summed E-state index contributed by atoms with van der Waals surface area (Å²) in [6, 6.07) is 3.31.